The Kier molecular flexibility index (Phi) is 4.41. The minimum absolute atomic E-state index is 0.296. The smallest absolute Gasteiger partial charge is 0.129 e. The summed E-state index contributed by atoms with van der Waals surface area (Å²) in [7, 11) is 0. The Bertz CT molecular complexity index is 422. The minimum atomic E-state index is -0.296. The highest BCUT2D eigenvalue weighted by Gasteiger charge is 2.14. The fourth-order valence-electron chi connectivity index (χ4n) is 1.93. The predicted molar refractivity (Wildman–Crippen MR) is 68.3 cm³/mol. The molecule has 1 unspecified atom stereocenters. The number of benzene rings is 1. The number of rotatable bonds is 4. The topological polar surface area (TPSA) is 35.8 Å². The first-order valence-corrected chi connectivity index (χ1v) is 6.85. The molecule has 1 N–H and O–H groups in total. The van der Waals surface area contributed by atoms with Crippen molar-refractivity contribution in [1.82, 2.24) is 5.32 Å². The van der Waals surface area contributed by atoms with Gasteiger partial charge in [-0.25, -0.2) is 4.39 Å². The molecule has 1 aliphatic heterocycles. The Hall–Kier alpha value is -1.05. The highest BCUT2D eigenvalue weighted by atomic mass is 32.2. The molecule has 0 radical (unpaired) electrons. The average Bonchev–Trinajstić information content (AvgIpc) is 2.84. The van der Waals surface area contributed by atoms with Crippen LogP contribution in [0.3, 0.4) is 0 Å². The van der Waals surface area contributed by atoms with E-state index < -0.39 is 0 Å². The van der Waals surface area contributed by atoms with Crippen LogP contribution in [0.15, 0.2) is 18.2 Å². The van der Waals surface area contributed by atoms with E-state index in [4.69, 9.17) is 5.26 Å². The quantitative estimate of drug-likeness (QED) is 0.892. The summed E-state index contributed by atoms with van der Waals surface area (Å²) in [6.45, 7) is 1.47. The lowest BCUT2D eigenvalue weighted by Gasteiger charge is -2.10. The average molecular weight is 250 g/mol. The van der Waals surface area contributed by atoms with Crippen LogP contribution in [0, 0.1) is 17.1 Å². The van der Waals surface area contributed by atoms with E-state index in [0.29, 0.717) is 22.9 Å². The van der Waals surface area contributed by atoms with Crippen molar-refractivity contribution in [2.24, 2.45) is 0 Å². The fraction of sp³-hybridized carbons (Fsp3) is 0.462. The van der Waals surface area contributed by atoms with Gasteiger partial charge < -0.3 is 5.32 Å². The second kappa shape index (κ2) is 6.04. The van der Waals surface area contributed by atoms with Crippen LogP contribution >= 0.6 is 11.8 Å². The van der Waals surface area contributed by atoms with Gasteiger partial charge in [0.05, 0.1) is 11.6 Å². The van der Waals surface area contributed by atoms with Crippen LogP contribution in [-0.2, 0) is 6.54 Å². The first-order valence-electron chi connectivity index (χ1n) is 5.80. The summed E-state index contributed by atoms with van der Waals surface area (Å²) in [5.74, 6) is 0.952. The van der Waals surface area contributed by atoms with Gasteiger partial charge in [0, 0.05) is 23.9 Å². The van der Waals surface area contributed by atoms with E-state index >= 15 is 0 Å². The Morgan fingerprint density at radius 1 is 1.53 bits per heavy atom. The number of hydrogen-bond donors (Lipinski definition) is 1. The van der Waals surface area contributed by atoms with E-state index in [1.165, 1.54) is 24.7 Å². The van der Waals surface area contributed by atoms with E-state index in [-0.39, 0.29) is 5.82 Å². The van der Waals surface area contributed by atoms with Gasteiger partial charge in [0.1, 0.15) is 5.82 Å². The molecule has 0 aliphatic carbocycles. The van der Waals surface area contributed by atoms with Crippen LogP contribution in [0.4, 0.5) is 4.39 Å². The summed E-state index contributed by atoms with van der Waals surface area (Å²) < 4.78 is 13.5. The second-order valence-corrected chi connectivity index (χ2v) is 5.59. The maximum atomic E-state index is 13.5. The molecule has 1 aromatic carbocycles. The molecule has 2 rings (SSSR count). The first-order chi connectivity index (χ1) is 8.29. The number of nitrogens with zero attached hydrogens (tertiary/aromatic N) is 1. The van der Waals surface area contributed by atoms with E-state index in [2.05, 4.69) is 5.32 Å². The number of nitriles is 1. The molecule has 1 saturated heterocycles. The van der Waals surface area contributed by atoms with Crippen LogP contribution < -0.4 is 5.32 Å². The number of halogens is 1. The molecule has 1 heterocycles. The van der Waals surface area contributed by atoms with Gasteiger partial charge >= 0.3 is 0 Å². The molecule has 0 bridgehead atoms. The molecule has 0 amide bonds. The van der Waals surface area contributed by atoms with Crippen molar-refractivity contribution >= 4 is 11.8 Å². The predicted octanol–water partition coefficient (Wildman–Crippen LogP) is 2.68. The third-order valence-corrected chi connectivity index (χ3v) is 4.29. The highest BCUT2D eigenvalue weighted by molar-refractivity contribution is 8.00. The van der Waals surface area contributed by atoms with Gasteiger partial charge in [-0.1, -0.05) is 6.07 Å². The molecule has 1 aromatic rings. The molecule has 2 nitrogen and oxygen atoms in total. The fourth-order valence-corrected chi connectivity index (χ4v) is 3.17. The zero-order chi connectivity index (χ0) is 12.1. The van der Waals surface area contributed by atoms with E-state index in [0.717, 1.165) is 6.54 Å². The number of nitrogens with one attached hydrogen (secondary N) is 1. The van der Waals surface area contributed by atoms with Crippen molar-refractivity contribution < 1.29 is 4.39 Å². The Labute approximate surface area is 105 Å². The molecule has 0 saturated carbocycles. The summed E-state index contributed by atoms with van der Waals surface area (Å²) in [6, 6.07) is 6.57. The van der Waals surface area contributed by atoms with Gasteiger partial charge in [-0.2, -0.15) is 17.0 Å². The molecule has 0 aromatic heterocycles. The van der Waals surface area contributed by atoms with Crippen LogP contribution in [0.25, 0.3) is 0 Å². The van der Waals surface area contributed by atoms with Crippen molar-refractivity contribution in [2.75, 3.05) is 12.3 Å². The maximum Gasteiger partial charge on any atom is 0.129 e. The zero-order valence-corrected chi connectivity index (χ0v) is 10.4. The highest BCUT2D eigenvalue weighted by Crippen LogP contribution is 2.25. The van der Waals surface area contributed by atoms with Gasteiger partial charge in [0.2, 0.25) is 0 Å². The molecular weight excluding hydrogens is 235 g/mol. The first kappa shape index (κ1) is 12.4. The number of thioether (sulfide) groups is 1. The van der Waals surface area contributed by atoms with Crippen molar-refractivity contribution in [3.05, 3.63) is 35.1 Å². The summed E-state index contributed by atoms with van der Waals surface area (Å²) >= 11 is 1.99. The summed E-state index contributed by atoms with van der Waals surface area (Å²) in [6.07, 6.45) is 2.55. The third-order valence-electron chi connectivity index (χ3n) is 2.89. The molecule has 1 aliphatic rings. The third kappa shape index (κ3) is 3.45. The van der Waals surface area contributed by atoms with Crippen molar-refractivity contribution in [1.29, 1.82) is 5.26 Å². The molecular formula is C13H15FN2S. The van der Waals surface area contributed by atoms with Gasteiger partial charge in [-0.3, -0.25) is 0 Å². The normalized spacial score (nSPS) is 19.2. The molecule has 0 spiro atoms. The monoisotopic (exact) mass is 250 g/mol. The van der Waals surface area contributed by atoms with Crippen molar-refractivity contribution in [3.8, 4) is 6.07 Å². The Balaban J connectivity index is 1.84. The minimum Gasteiger partial charge on any atom is -0.311 e. The molecule has 17 heavy (non-hydrogen) atoms. The van der Waals surface area contributed by atoms with Crippen LogP contribution in [0.1, 0.15) is 24.0 Å². The van der Waals surface area contributed by atoms with Crippen LogP contribution in [0.5, 0.6) is 0 Å². The SMILES string of the molecule is N#Cc1ccc(CNCC2CCCS2)c(F)c1. The van der Waals surface area contributed by atoms with Gasteiger partial charge in [-0.05, 0) is 30.7 Å². The molecule has 1 fully saturated rings. The van der Waals surface area contributed by atoms with Crippen molar-refractivity contribution in [2.45, 2.75) is 24.6 Å². The Morgan fingerprint density at radius 3 is 3.06 bits per heavy atom. The standard InChI is InChI=1S/C13H15FN2S/c14-13-6-10(7-15)3-4-11(13)8-16-9-12-2-1-5-17-12/h3-4,6,12,16H,1-2,5,8-9H2. The van der Waals surface area contributed by atoms with E-state index in [1.807, 2.05) is 17.8 Å². The lowest BCUT2D eigenvalue weighted by Crippen LogP contribution is -2.23. The molecule has 1 atom stereocenters. The van der Waals surface area contributed by atoms with Crippen molar-refractivity contribution in [3.63, 3.8) is 0 Å². The maximum absolute atomic E-state index is 13.5. The van der Waals surface area contributed by atoms with Crippen LogP contribution in [0.2, 0.25) is 0 Å². The number of hydrogen-bond acceptors (Lipinski definition) is 3. The Morgan fingerprint density at radius 2 is 2.41 bits per heavy atom. The van der Waals surface area contributed by atoms with Gasteiger partial charge in [0.15, 0.2) is 0 Å². The lowest BCUT2D eigenvalue weighted by atomic mass is 10.1. The summed E-state index contributed by atoms with van der Waals surface area (Å²) in [5, 5.41) is 12.6. The summed E-state index contributed by atoms with van der Waals surface area (Å²) in [4.78, 5) is 0. The largest absolute Gasteiger partial charge is 0.311 e. The molecule has 4 heteroatoms. The van der Waals surface area contributed by atoms with Gasteiger partial charge in [0.25, 0.3) is 0 Å². The zero-order valence-electron chi connectivity index (χ0n) is 9.58. The molecule has 90 valence electrons. The van der Waals surface area contributed by atoms with Gasteiger partial charge in [-0.15, -0.1) is 0 Å². The van der Waals surface area contributed by atoms with E-state index in [1.54, 1.807) is 12.1 Å². The lowest BCUT2D eigenvalue weighted by molar-refractivity contribution is 0.581. The van der Waals surface area contributed by atoms with E-state index in [9.17, 15) is 4.39 Å². The summed E-state index contributed by atoms with van der Waals surface area (Å²) in [5.41, 5.74) is 1.00. The second-order valence-electron chi connectivity index (χ2n) is 4.18. The van der Waals surface area contributed by atoms with Crippen LogP contribution in [-0.4, -0.2) is 17.5 Å².